The smallest absolute Gasteiger partial charge is 0.276 e. The van der Waals surface area contributed by atoms with Gasteiger partial charge in [0.05, 0.1) is 23.2 Å². The maximum Gasteiger partial charge on any atom is 0.276 e. The SMILES string of the molecule is CC1CCC(Oc2cc(F)cc([N+](=O)[O-])c2)CC1. The highest BCUT2D eigenvalue weighted by molar-refractivity contribution is 5.39. The van der Waals surface area contributed by atoms with Crippen molar-refractivity contribution in [2.45, 2.75) is 38.7 Å². The van der Waals surface area contributed by atoms with E-state index in [4.69, 9.17) is 4.74 Å². The van der Waals surface area contributed by atoms with Gasteiger partial charge in [0.25, 0.3) is 5.69 Å². The topological polar surface area (TPSA) is 52.4 Å². The van der Waals surface area contributed by atoms with Crippen molar-refractivity contribution in [2.24, 2.45) is 5.92 Å². The lowest BCUT2D eigenvalue weighted by molar-refractivity contribution is -0.385. The molecular weight excluding hydrogens is 237 g/mol. The first-order valence-electron chi connectivity index (χ1n) is 6.16. The Morgan fingerprint density at radius 1 is 1.28 bits per heavy atom. The van der Waals surface area contributed by atoms with Gasteiger partial charge in [0.2, 0.25) is 0 Å². The molecule has 0 heterocycles. The molecule has 1 aromatic rings. The van der Waals surface area contributed by atoms with Gasteiger partial charge < -0.3 is 4.74 Å². The minimum atomic E-state index is -0.636. The van der Waals surface area contributed by atoms with Crippen LogP contribution in [0.25, 0.3) is 0 Å². The maximum absolute atomic E-state index is 13.2. The van der Waals surface area contributed by atoms with Crippen molar-refractivity contribution < 1.29 is 14.1 Å². The fourth-order valence-corrected chi connectivity index (χ4v) is 2.26. The number of rotatable bonds is 3. The van der Waals surface area contributed by atoms with Crippen molar-refractivity contribution in [3.63, 3.8) is 0 Å². The van der Waals surface area contributed by atoms with E-state index in [1.807, 2.05) is 0 Å². The zero-order valence-electron chi connectivity index (χ0n) is 10.3. The third-order valence-corrected chi connectivity index (χ3v) is 3.33. The van der Waals surface area contributed by atoms with Crippen molar-refractivity contribution in [3.05, 3.63) is 34.1 Å². The van der Waals surface area contributed by atoms with E-state index in [1.165, 1.54) is 12.1 Å². The van der Waals surface area contributed by atoms with Gasteiger partial charge in [-0.2, -0.15) is 0 Å². The molecule has 98 valence electrons. The summed E-state index contributed by atoms with van der Waals surface area (Å²) in [6.45, 7) is 2.20. The minimum Gasteiger partial charge on any atom is -0.490 e. The summed E-state index contributed by atoms with van der Waals surface area (Å²) >= 11 is 0. The fourth-order valence-electron chi connectivity index (χ4n) is 2.26. The molecule has 4 nitrogen and oxygen atoms in total. The van der Waals surface area contributed by atoms with E-state index in [9.17, 15) is 14.5 Å². The van der Waals surface area contributed by atoms with Crippen LogP contribution in [-0.2, 0) is 0 Å². The highest BCUT2D eigenvalue weighted by Crippen LogP contribution is 2.29. The summed E-state index contributed by atoms with van der Waals surface area (Å²) in [6.07, 6.45) is 4.06. The van der Waals surface area contributed by atoms with Gasteiger partial charge in [0.1, 0.15) is 11.6 Å². The van der Waals surface area contributed by atoms with Gasteiger partial charge in [0, 0.05) is 6.07 Å². The molecule has 0 bridgehead atoms. The second-order valence-corrected chi connectivity index (χ2v) is 4.90. The van der Waals surface area contributed by atoms with E-state index in [0.717, 1.165) is 31.7 Å². The van der Waals surface area contributed by atoms with Crippen LogP contribution in [0.3, 0.4) is 0 Å². The first-order chi connectivity index (χ1) is 8.54. The van der Waals surface area contributed by atoms with Crippen LogP contribution in [0, 0.1) is 21.8 Å². The summed E-state index contributed by atoms with van der Waals surface area (Å²) in [5, 5.41) is 10.6. The van der Waals surface area contributed by atoms with Crippen LogP contribution in [0.1, 0.15) is 32.6 Å². The molecule has 0 spiro atoms. The zero-order chi connectivity index (χ0) is 13.1. The second-order valence-electron chi connectivity index (χ2n) is 4.90. The molecule has 0 aliphatic heterocycles. The van der Waals surface area contributed by atoms with Gasteiger partial charge >= 0.3 is 0 Å². The predicted octanol–water partition coefficient (Wildman–Crippen LogP) is 3.69. The average molecular weight is 253 g/mol. The third kappa shape index (κ3) is 3.18. The normalized spacial score (nSPS) is 23.7. The highest BCUT2D eigenvalue weighted by Gasteiger charge is 2.20. The van der Waals surface area contributed by atoms with Gasteiger partial charge in [-0.1, -0.05) is 6.92 Å². The van der Waals surface area contributed by atoms with E-state index in [1.54, 1.807) is 0 Å². The third-order valence-electron chi connectivity index (χ3n) is 3.33. The van der Waals surface area contributed by atoms with Crippen LogP contribution in [0.2, 0.25) is 0 Å². The molecule has 5 heteroatoms. The summed E-state index contributed by atoms with van der Waals surface area (Å²) < 4.78 is 18.9. The Kier molecular flexibility index (Phi) is 3.79. The Balaban J connectivity index is 2.07. The van der Waals surface area contributed by atoms with Crippen molar-refractivity contribution in [3.8, 4) is 5.75 Å². The van der Waals surface area contributed by atoms with Crippen LogP contribution < -0.4 is 4.74 Å². The van der Waals surface area contributed by atoms with Crippen molar-refractivity contribution >= 4 is 5.69 Å². The van der Waals surface area contributed by atoms with E-state index >= 15 is 0 Å². The number of nitro groups is 1. The quantitative estimate of drug-likeness (QED) is 0.609. The Morgan fingerprint density at radius 2 is 1.94 bits per heavy atom. The molecule has 18 heavy (non-hydrogen) atoms. The Labute approximate surface area is 105 Å². The number of halogens is 1. The number of hydrogen-bond donors (Lipinski definition) is 0. The summed E-state index contributed by atoms with van der Waals surface area (Å²) in [4.78, 5) is 10.0. The first kappa shape index (κ1) is 12.8. The van der Waals surface area contributed by atoms with Gasteiger partial charge in [0.15, 0.2) is 0 Å². The average Bonchev–Trinajstić information content (AvgIpc) is 2.31. The van der Waals surface area contributed by atoms with Gasteiger partial charge in [-0.25, -0.2) is 4.39 Å². The van der Waals surface area contributed by atoms with Gasteiger partial charge in [-0.3, -0.25) is 10.1 Å². The Hall–Kier alpha value is -1.65. The Bertz CT molecular complexity index is 442. The molecule has 0 N–H and O–H groups in total. The van der Waals surface area contributed by atoms with Crippen LogP contribution >= 0.6 is 0 Å². The van der Waals surface area contributed by atoms with Crippen molar-refractivity contribution in [1.29, 1.82) is 0 Å². The second kappa shape index (κ2) is 5.33. The molecule has 0 radical (unpaired) electrons. The summed E-state index contributed by atoms with van der Waals surface area (Å²) in [7, 11) is 0. The standard InChI is InChI=1S/C13H16FNO3/c1-9-2-4-12(5-3-9)18-13-7-10(14)6-11(8-13)15(16)17/h6-9,12H,2-5H2,1H3. The number of ether oxygens (including phenoxy) is 1. The highest BCUT2D eigenvalue weighted by atomic mass is 19.1. The Morgan fingerprint density at radius 3 is 2.56 bits per heavy atom. The van der Waals surface area contributed by atoms with E-state index in [-0.39, 0.29) is 17.5 Å². The number of nitro benzene ring substituents is 1. The van der Waals surface area contributed by atoms with Crippen LogP contribution in [0.15, 0.2) is 18.2 Å². The first-order valence-corrected chi connectivity index (χ1v) is 6.16. The van der Waals surface area contributed by atoms with Crippen LogP contribution in [-0.4, -0.2) is 11.0 Å². The molecule has 0 amide bonds. The lowest BCUT2D eigenvalue weighted by Crippen LogP contribution is -2.23. The lowest BCUT2D eigenvalue weighted by Gasteiger charge is -2.26. The van der Waals surface area contributed by atoms with Crippen molar-refractivity contribution in [2.75, 3.05) is 0 Å². The number of hydrogen-bond acceptors (Lipinski definition) is 3. The number of non-ortho nitro benzene ring substituents is 1. The zero-order valence-corrected chi connectivity index (χ0v) is 10.3. The summed E-state index contributed by atoms with van der Waals surface area (Å²) in [5.74, 6) is 0.316. The fraction of sp³-hybridized carbons (Fsp3) is 0.538. The predicted molar refractivity (Wildman–Crippen MR) is 65.1 cm³/mol. The van der Waals surface area contributed by atoms with Crippen molar-refractivity contribution in [1.82, 2.24) is 0 Å². The summed E-state index contributed by atoms with van der Waals surface area (Å²) in [6, 6.07) is 3.38. The van der Waals surface area contributed by atoms with Gasteiger partial charge in [-0.15, -0.1) is 0 Å². The molecule has 0 saturated heterocycles. The molecule has 1 aliphatic rings. The minimum absolute atomic E-state index is 0.0441. The molecule has 1 fully saturated rings. The molecule has 1 aliphatic carbocycles. The van der Waals surface area contributed by atoms with Crippen LogP contribution in [0.4, 0.5) is 10.1 Å². The lowest BCUT2D eigenvalue weighted by atomic mass is 9.89. The van der Waals surface area contributed by atoms with Crippen LogP contribution in [0.5, 0.6) is 5.75 Å². The van der Waals surface area contributed by atoms with E-state index in [0.29, 0.717) is 5.92 Å². The maximum atomic E-state index is 13.2. The molecular formula is C13H16FNO3. The molecule has 0 unspecified atom stereocenters. The van der Waals surface area contributed by atoms with Gasteiger partial charge in [-0.05, 0) is 31.6 Å². The van der Waals surface area contributed by atoms with E-state index in [2.05, 4.69) is 6.92 Å². The van der Waals surface area contributed by atoms with E-state index < -0.39 is 10.7 Å². The largest absolute Gasteiger partial charge is 0.490 e. The molecule has 0 aromatic heterocycles. The molecule has 2 rings (SSSR count). The number of benzene rings is 1. The molecule has 1 aromatic carbocycles. The summed E-state index contributed by atoms with van der Waals surface area (Å²) in [5.41, 5.74) is -0.269. The number of nitrogens with zero attached hydrogens (tertiary/aromatic N) is 1. The molecule has 0 atom stereocenters. The molecule has 1 saturated carbocycles. The monoisotopic (exact) mass is 253 g/mol.